The van der Waals surface area contributed by atoms with Crippen LogP contribution in [0.5, 0.6) is 23.0 Å². The fraction of sp³-hybridized carbons (Fsp3) is 0. The molecule has 0 fully saturated rings. The van der Waals surface area contributed by atoms with Crippen molar-refractivity contribution in [1.82, 2.24) is 21.3 Å². The molecule has 64 heavy (non-hydrogen) atoms. The van der Waals surface area contributed by atoms with E-state index in [1.807, 2.05) is 24.3 Å². The molecule has 0 radical (unpaired) electrons. The summed E-state index contributed by atoms with van der Waals surface area (Å²) in [5.74, 6) is 0.880. The van der Waals surface area contributed by atoms with Crippen molar-refractivity contribution in [1.29, 1.82) is 0 Å². The molecule has 0 aliphatic carbocycles. The van der Waals surface area contributed by atoms with Crippen molar-refractivity contribution in [3.63, 3.8) is 0 Å². The summed E-state index contributed by atoms with van der Waals surface area (Å²) in [5, 5.41) is 10.7. The Bertz CT molecular complexity index is 2200. The van der Waals surface area contributed by atoms with Gasteiger partial charge in [0.2, 0.25) is 0 Å². The third-order valence-corrected chi connectivity index (χ3v) is 19.7. The second kappa shape index (κ2) is 25.7. The van der Waals surface area contributed by atoms with Crippen molar-refractivity contribution in [3.05, 3.63) is 243 Å². The SMILES string of the molecule is C=CC=CNC(=O)c1ccc([O][Bi]([O]c2ccc(C(=O)NC=CC=C)cc2)[c]2cc[c]([Bi]([O]c3ccc(C(=O)NC=CC=C)cc3)[O]c3ccc(C(=O)NC=CC=C)cc3)cc2)cc1. The summed E-state index contributed by atoms with van der Waals surface area (Å²) in [6.45, 7) is 14.4. The predicted molar refractivity (Wildman–Crippen MR) is 253 cm³/mol. The quantitative estimate of drug-likeness (QED) is 0.0423. The van der Waals surface area contributed by atoms with Crippen LogP contribution in [0, 0.1) is 0 Å². The van der Waals surface area contributed by atoms with E-state index in [0.29, 0.717) is 45.3 Å². The summed E-state index contributed by atoms with van der Waals surface area (Å²) in [5.41, 5.74) is 1.74. The van der Waals surface area contributed by atoms with Crippen molar-refractivity contribution in [2.45, 2.75) is 0 Å². The first-order valence-corrected chi connectivity index (χ1v) is 28.5. The molecule has 0 unspecified atom stereocenters. The zero-order valence-electron chi connectivity index (χ0n) is 34.5. The number of benzene rings is 5. The number of nitrogens with one attached hydrogen (secondary N) is 4. The fourth-order valence-corrected chi connectivity index (χ4v) is 14.9. The molecular formula is C50H44Bi2N4O8. The number of allylic oxidation sites excluding steroid dienone is 8. The van der Waals surface area contributed by atoms with E-state index >= 15 is 0 Å². The third kappa shape index (κ3) is 15.0. The van der Waals surface area contributed by atoms with Crippen LogP contribution >= 0.6 is 0 Å². The molecule has 4 amide bonds. The molecule has 0 saturated heterocycles. The Morgan fingerprint density at radius 2 is 0.547 bits per heavy atom. The van der Waals surface area contributed by atoms with Crippen LogP contribution in [0.4, 0.5) is 0 Å². The van der Waals surface area contributed by atoms with Gasteiger partial charge in [0.15, 0.2) is 0 Å². The normalized spacial score (nSPS) is 11.0. The average Bonchev–Trinajstić information content (AvgIpc) is 3.32. The number of rotatable bonds is 22. The van der Waals surface area contributed by atoms with Crippen LogP contribution in [0.25, 0.3) is 0 Å². The standard InChI is InChI=1S/4C11H11NO2.C6H4.2Bi/c4*1-2-3-8-12-11(14)9-4-6-10(13)7-5-9;1-2-4-6-5-3-1;;/h4*2-8,13H,1H2,(H,12,14);1-2,5-6H;;/q;;;;;2*+2/p-4. The molecule has 0 heterocycles. The number of amides is 4. The van der Waals surface area contributed by atoms with Crippen LogP contribution in [0.2, 0.25) is 0 Å². The zero-order chi connectivity index (χ0) is 45.5. The van der Waals surface area contributed by atoms with Gasteiger partial charge in [0.25, 0.3) is 0 Å². The van der Waals surface area contributed by atoms with Gasteiger partial charge in [-0.25, -0.2) is 0 Å². The fourth-order valence-electron chi connectivity index (χ4n) is 5.10. The Morgan fingerprint density at radius 1 is 0.344 bits per heavy atom. The van der Waals surface area contributed by atoms with Gasteiger partial charge < -0.3 is 0 Å². The minimum absolute atomic E-state index is 0.290. The van der Waals surface area contributed by atoms with Gasteiger partial charge in [0.1, 0.15) is 0 Å². The molecule has 12 nitrogen and oxygen atoms in total. The van der Waals surface area contributed by atoms with Crippen LogP contribution in [0.3, 0.4) is 0 Å². The van der Waals surface area contributed by atoms with Crippen molar-refractivity contribution < 1.29 is 30.4 Å². The molecular weight excluding hydrogens is 1200 g/mol. The molecule has 0 aromatic heterocycles. The molecule has 5 rings (SSSR count). The molecule has 322 valence electrons. The molecule has 4 N–H and O–H groups in total. The van der Waals surface area contributed by atoms with Crippen LogP contribution in [0.1, 0.15) is 41.4 Å². The Morgan fingerprint density at radius 3 is 0.734 bits per heavy atom. The van der Waals surface area contributed by atoms with Crippen molar-refractivity contribution in [2.75, 3.05) is 0 Å². The van der Waals surface area contributed by atoms with E-state index in [0.717, 1.165) is 6.54 Å². The van der Waals surface area contributed by atoms with E-state index in [2.05, 4.69) is 47.6 Å². The van der Waals surface area contributed by atoms with E-state index in [4.69, 9.17) is 11.3 Å². The second-order valence-electron chi connectivity index (χ2n) is 12.8. The van der Waals surface area contributed by atoms with Gasteiger partial charge in [-0.2, -0.15) is 0 Å². The second-order valence-corrected chi connectivity index (χ2v) is 23.6. The van der Waals surface area contributed by atoms with Gasteiger partial charge >= 0.3 is 393 Å². The van der Waals surface area contributed by atoms with Crippen LogP contribution in [-0.2, 0) is 0 Å². The molecule has 5 aromatic carbocycles. The Hall–Kier alpha value is -7.13. The molecule has 5 aromatic rings. The molecule has 0 atom stereocenters. The average molecular weight is 1250 g/mol. The van der Waals surface area contributed by atoms with Gasteiger partial charge in [-0.15, -0.1) is 0 Å². The van der Waals surface area contributed by atoms with E-state index in [1.54, 1.807) is 146 Å². The predicted octanol–water partition coefficient (Wildman–Crippen LogP) is 7.11. The molecule has 0 aliphatic rings. The van der Waals surface area contributed by atoms with Crippen LogP contribution in [0.15, 0.2) is 221 Å². The van der Waals surface area contributed by atoms with Gasteiger partial charge in [-0.1, -0.05) is 0 Å². The Kier molecular flexibility index (Phi) is 19.3. The van der Waals surface area contributed by atoms with Crippen molar-refractivity contribution >= 4 is 75.4 Å². The number of hydrogen-bond donors (Lipinski definition) is 4. The Labute approximate surface area is 390 Å². The third-order valence-electron chi connectivity index (χ3n) is 8.28. The summed E-state index contributed by atoms with van der Waals surface area (Å²) in [6, 6.07) is 34.7. The van der Waals surface area contributed by atoms with Crippen molar-refractivity contribution in [3.8, 4) is 23.0 Å². The minimum atomic E-state index is -3.66. The van der Waals surface area contributed by atoms with E-state index in [-0.39, 0.29) is 23.6 Å². The van der Waals surface area contributed by atoms with E-state index in [1.165, 1.54) is 24.8 Å². The molecule has 0 saturated carbocycles. The summed E-state index contributed by atoms with van der Waals surface area (Å²) >= 11 is -7.33. The van der Waals surface area contributed by atoms with Gasteiger partial charge in [0.05, 0.1) is 0 Å². The monoisotopic (exact) mass is 1250 g/mol. The molecule has 0 spiro atoms. The molecule has 14 heteroatoms. The topological polar surface area (TPSA) is 153 Å². The Balaban J connectivity index is 1.43. The number of carbonyl (C=O) groups excluding carboxylic acids is 4. The first-order valence-electron chi connectivity index (χ1n) is 19.4. The van der Waals surface area contributed by atoms with Gasteiger partial charge in [-0.3, -0.25) is 0 Å². The summed E-state index contributed by atoms with van der Waals surface area (Å²) < 4.78 is 28.0. The summed E-state index contributed by atoms with van der Waals surface area (Å²) in [4.78, 5) is 50.4. The van der Waals surface area contributed by atoms with Crippen LogP contribution in [-0.4, -0.2) is 68.9 Å². The number of carbonyl (C=O) groups is 4. The first-order chi connectivity index (χ1) is 31.2. The summed E-state index contributed by atoms with van der Waals surface area (Å²) in [6.07, 6.45) is 18.7. The van der Waals surface area contributed by atoms with Gasteiger partial charge in [-0.05, 0) is 0 Å². The van der Waals surface area contributed by atoms with Gasteiger partial charge in [0, 0.05) is 0 Å². The maximum absolute atomic E-state index is 12.6. The molecule has 0 bridgehead atoms. The van der Waals surface area contributed by atoms with E-state index in [9.17, 15) is 19.2 Å². The summed E-state index contributed by atoms with van der Waals surface area (Å²) in [7, 11) is 0. The maximum atomic E-state index is 12.6. The van der Waals surface area contributed by atoms with Crippen molar-refractivity contribution in [2.24, 2.45) is 0 Å². The number of hydrogen-bond acceptors (Lipinski definition) is 8. The van der Waals surface area contributed by atoms with Crippen LogP contribution < -0.4 is 39.1 Å². The zero-order valence-corrected chi connectivity index (χ0v) is 41.4. The first kappa shape index (κ1) is 47.9. The van der Waals surface area contributed by atoms with E-state index < -0.39 is 45.3 Å². The molecule has 0 aliphatic heterocycles.